The number of nitrogens with one attached hydrogen (secondary N) is 1. The number of thioether (sulfide) groups is 1. The summed E-state index contributed by atoms with van der Waals surface area (Å²) in [5, 5.41) is 12.3. The Morgan fingerprint density at radius 3 is 2.61 bits per heavy atom. The third-order valence-corrected chi connectivity index (χ3v) is 6.84. The molecule has 1 N–H and O–H groups in total. The summed E-state index contributed by atoms with van der Waals surface area (Å²) in [6.07, 6.45) is 3.16. The van der Waals surface area contributed by atoms with E-state index in [1.54, 1.807) is 7.11 Å². The van der Waals surface area contributed by atoms with Crippen LogP contribution >= 0.6 is 11.8 Å². The Morgan fingerprint density at radius 2 is 1.97 bits per heavy atom. The largest absolute Gasteiger partial charge is 0.497 e. The molecule has 1 amide bonds. The highest BCUT2D eigenvalue weighted by atomic mass is 32.2. The summed E-state index contributed by atoms with van der Waals surface area (Å²) in [5.74, 6) is 1.48. The molecule has 1 aromatic heterocycles. The number of aromatic nitrogens is 3. The Morgan fingerprint density at radius 1 is 1.21 bits per heavy atom. The predicted octanol–water partition coefficient (Wildman–Crippen LogP) is 4.81. The third kappa shape index (κ3) is 5.75. The molecule has 1 aliphatic heterocycles. The van der Waals surface area contributed by atoms with E-state index in [0.717, 1.165) is 48.7 Å². The van der Waals surface area contributed by atoms with Gasteiger partial charge in [0, 0.05) is 17.9 Å². The minimum atomic E-state index is -0.341. The van der Waals surface area contributed by atoms with Gasteiger partial charge < -0.3 is 14.8 Å². The van der Waals surface area contributed by atoms with Crippen LogP contribution in [0.4, 0.5) is 5.69 Å². The zero-order valence-electron chi connectivity index (χ0n) is 19.3. The standard InChI is InChI=1S/C25H30N4O3S/c1-4-18-7-11-20(12-8-18)26-24(30)17(2)33-25-28-27-23(19-9-13-21(31-3)14-10-19)29(25)16-22-6-5-15-32-22/h7-14,17,22H,4-6,15-16H2,1-3H3,(H,26,30). The SMILES string of the molecule is CCc1ccc(NC(=O)C(C)Sc2nnc(-c3ccc(OC)cc3)n2CC2CCCO2)cc1. The predicted molar refractivity (Wildman–Crippen MR) is 131 cm³/mol. The van der Waals surface area contributed by atoms with Crippen molar-refractivity contribution >= 4 is 23.4 Å². The summed E-state index contributed by atoms with van der Waals surface area (Å²) < 4.78 is 13.2. The minimum absolute atomic E-state index is 0.0677. The van der Waals surface area contributed by atoms with Crippen LogP contribution in [0, 0.1) is 0 Å². The summed E-state index contributed by atoms with van der Waals surface area (Å²) in [7, 11) is 1.65. The quantitative estimate of drug-likeness (QED) is 0.456. The number of anilines is 1. The Kier molecular flexibility index (Phi) is 7.67. The lowest BCUT2D eigenvalue weighted by Gasteiger charge is -2.17. The van der Waals surface area contributed by atoms with E-state index in [9.17, 15) is 4.79 Å². The van der Waals surface area contributed by atoms with Crippen molar-refractivity contribution in [2.45, 2.75) is 56.2 Å². The second kappa shape index (κ2) is 10.9. The van der Waals surface area contributed by atoms with Gasteiger partial charge in [0.1, 0.15) is 5.75 Å². The van der Waals surface area contributed by atoms with E-state index >= 15 is 0 Å². The summed E-state index contributed by atoms with van der Waals surface area (Å²) >= 11 is 1.41. The van der Waals surface area contributed by atoms with Gasteiger partial charge in [-0.05, 0) is 68.1 Å². The first kappa shape index (κ1) is 23.3. The lowest BCUT2D eigenvalue weighted by atomic mass is 10.1. The first-order valence-corrected chi connectivity index (χ1v) is 12.2. The third-order valence-electron chi connectivity index (χ3n) is 5.76. The van der Waals surface area contributed by atoms with Crippen molar-refractivity contribution in [3.63, 3.8) is 0 Å². The van der Waals surface area contributed by atoms with Crippen LogP contribution in [0.1, 0.15) is 32.3 Å². The van der Waals surface area contributed by atoms with Gasteiger partial charge in [0.2, 0.25) is 5.91 Å². The highest BCUT2D eigenvalue weighted by Crippen LogP contribution is 2.30. The van der Waals surface area contributed by atoms with Crippen LogP contribution in [0.5, 0.6) is 5.75 Å². The van der Waals surface area contributed by atoms with Crippen molar-refractivity contribution in [2.75, 3.05) is 19.0 Å². The first-order valence-electron chi connectivity index (χ1n) is 11.3. The highest BCUT2D eigenvalue weighted by molar-refractivity contribution is 8.00. The molecule has 1 saturated heterocycles. The van der Waals surface area contributed by atoms with Crippen molar-refractivity contribution in [3.05, 3.63) is 54.1 Å². The molecule has 8 heteroatoms. The van der Waals surface area contributed by atoms with E-state index in [1.807, 2.05) is 55.5 Å². The number of nitrogens with zero attached hydrogens (tertiary/aromatic N) is 3. The molecule has 3 aromatic rings. The average molecular weight is 467 g/mol. The van der Waals surface area contributed by atoms with Gasteiger partial charge in [-0.1, -0.05) is 30.8 Å². The number of hydrogen-bond acceptors (Lipinski definition) is 6. The van der Waals surface area contributed by atoms with Crippen molar-refractivity contribution in [2.24, 2.45) is 0 Å². The van der Waals surface area contributed by atoms with Crippen LogP contribution < -0.4 is 10.1 Å². The van der Waals surface area contributed by atoms with Gasteiger partial charge >= 0.3 is 0 Å². The molecule has 2 unspecified atom stereocenters. The monoisotopic (exact) mass is 466 g/mol. The number of benzene rings is 2. The molecule has 2 heterocycles. The van der Waals surface area contributed by atoms with Gasteiger partial charge in [-0.15, -0.1) is 10.2 Å². The van der Waals surface area contributed by atoms with E-state index in [-0.39, 0.29) is 17.3 Å². The Labute approximate surface area is 198 Å². The van der Waals surface area contributed by atoms with Crippen molar-refractivity contribution in [3.8, 4) is 17.1 Å². The van der Waals surface area contributed by atoms with Crippen LogP contribution in [-0.4, -0.2) is 45.7 Å². The minimum Gasteiger partial charge on any atom is -0.497 e. The van der Waals surface area contributed by atoms with Gasteiger partial charge in [0.15, 0.2) is 11.0 Å². The average Bonchev–Trinajstić information content (AvgIpc) is 3.50. The molecule has 4 rings (SSSR count). The Bertz CT molecular complexity index is 1060. The molecule has 1 aliphatic rings. The smallest absolute Gasteiger partial charge is 0.237 e. The fraction of sp³-hybridized carbons (Fsp3) is 0.400. The van der Waals surface area contributed by atoms with E-state index < -0.39 is 0 Å². The maximum absolute atomic E-state index is 12.8. The molecule has 1 fully saturated rings. The summed E-state index contributed by atoms with van der Waals surface area (Å²) in [6, 6.07) is 15.7. The zero-order valence-corrected chi connectivity index (χ0v) is 20.1. The van der Waals surface area contributed by atoms with Gasteiger partial charge in [-0.3, -0.25) is 9.36 Å². The maximum Gasteiger partial charge on any atom is 0.237 e. The van der Waals surface area contributed by atoms with Crippen molar-refractivity contribution in [1.29, 1.82) is 0 Å². The molecule has 174 valence electrons. The fourth-order valence-electron chi connectivity index (χ4n) is 3.77. The number of carbonyl (C=O) groups excluding carboxylic acids is 1. The number of ether oxygens (including phenoxy) is 2. The van der Waals surface area contributed by atoms with Crippen LogP contribution in [0.2, 0.25) is 0 Å². The molecule has 0 radical (unpaired) electrons. The number of carbonyl (C=O) groups is 1. The molecule has 0 bridgehead atoms. The fourth-order valence-corrected chi connectivity index (χ4v) is 4.62. The van der Waals surface area contributed by atoms with Gasteiger partial charge in [-0.2, -0.15) is 0 Å². The zero-order chi connectivity index (χ0) is 23.2. The second-order valence-electron chi connectivity index (χ2n) is 8.08. The normalized spacial score (nSPS) is 16.5. The summed E-state index contributed by atoms with van der Waals surface area (Å²) in [4.78, 5) is 12.8. The summed E-state index contributed by atoms with van der Waals surface area (Å²) in [5.41, 5.74) is 2.98. The molecule has 33 heavy (non-hydrogen) atoms. The van der Waals surface area contributed by atoms with Crippen LogP contribution in [0.25, 0.3) is 11.4 Å². The number of aryl methyl sites for hydroxylation is 1. The Hall–Kier alpha value is -2.84. The number of methoxy groups -OCH3 is 1. The topological polar surface area (TPSA) is 78.3 Å². The van der Waals surface area contributed by atoms with Crippen LogP contribution in [-0.2, 0) is 22.5 Å². The molecule has 0 aliphatic carbocycles. The van der Waals surface area contributed by atoms with E-state index in [0.29, 0.717) is 11.7 Å². The lowest BCUT2D eigenvalue weighted by molar-refractivity contribution is -0.115. The molecular weight excluding hydrogens is 436 g/mol. The first-order chi connectivity index (χ1) is 16.1. The van der Waals surface area contributed by atoms with Gasteiger partial charge in [-0.25, -0.2) is 0 Å². The molecule has 0 saturated carbocycles. The highest BCUT2D eigenvalue weighted by Gasteiger charge is 2.24. The van der Waals surface area contributed by atoms with E-state index in [2.05, 4.69) is 27.0 Å². The maximum atomic E-state index is 12.8. The van der Waals surface area contributed by atoms with Crippen LogP contribution in [0.15, 0.2) is 53.7 Å². The Balaban J connectivity index is 1.52. The van der Waals surface area contributed by atoms with Crippen LogP contribution in [0.3, 0.4) is 0 Å². The molecule has 7 nitrogen and oxygen atoms in total. The van der Waals surface area contributed by atoms with Gasteiger partial charge in [0.05, 0.1) is 25.0 Å². The molecule has 2 atom stereocenters. The molecule has 0 spiro atoms. The van der Waals surface area contributed by atoms with E-state index in [4.69, 9.17) is 9.47 Å². The van der Waals surface area contributed by atoms with E-state index in [1.165, 1.54) is 17.3 Å². The number of hydrogen-bond donors (Lipinski definition) is 1. The molecular formula is C25H30N4O3S. The van der Waals surface area contributed by atoms with Crippen molar-refractivity contribution in [1.82, 2.24) is 14.8 Å². The number of rotatable bonds is 9. The number of amides is 1. The summed E-state index contributed by atoms with van der Waals surface area (Å²) in [6.45, 7) is 5.43. The van der Waals surface area contributed by atoms with Crippen molar-refractivity contribution < 1.29 is 14.3 Å². The van der Waals surface area contributed by atoms with Gasteiger partial charge in [0.25, 0.3) is 0 Å². The molecule has 2 aromatic carbocycles. The second-order valence-corrected chi connectivity index (χ2v) is 9.39. The lowest BCUT2D eigenvalue weighted by Crippen LogP contribution is -2.23.